The van der Waals surface area contributed by atoms with Crippen LogP contribution in [0.1, 0.15) is 33.3 Å². The van der Waals surface area contributed by atoms with Crippen LogP contribution >= 0.6 is 0 Å². The number of methoxy groups -OCH3 is 1. The topological polar surface area (TPSA) is 46.2 Å². The predicted octanol–water partition coefficient (Wildman–Crippen LogP) is 4.17. The van der Waals surface area contributed by atoms with Gasteiger partial charge in [-0.15, -0.1) is 0 Å². The first-order valence-corrected chi connectivity index (χ1v) is 9.31. The molecule has 0 aromatic heterocycles. The third-order valence-corrected chi connectivity index (χ3v) is 5.26. The predicted molar refractivity (Wildman–Crippen MR) is 106 cm³/mol. The molecule has 1 aliphatic heterocycles. The summed E-state index contributed by atoms with van der Waals surface area (Å²) in [5, 5.41) is 0. The normalized spacial score (nSPS) is 17.4. The number of ether oxygens (including phenoxy) is 3. The van der Waals surface area contributed by atoms with Gasteiger partial charge in [-0.2, -0.15) is 8.78 Å². The Morgan fingerprint density at radius 1 is 0.931 bits per heavy atom. The minimum Gasteiger partial charge on any atom is -0.493 e. The number of halogens is 2. The molecule has 156 valence electrons. The standard InChI is InChI=1S/C21H25BF2O5/c1-20(2)21(3,4)29-22(28-20)15-8-11-17(18(12-15)25-5)26-13-14-6-9-16(10-7-14)27-19(23)24/h6-12,19H,13H2,1-5H3. The molecule has 1 saturated heterocycles. The monoisotopic (exact) mass is 406 g/mol. The quantitative estimate of drug-likeness (QED) is 0.646. The Balaban J connectivity index is 1.68. The molecular formula is C21H25BF2O5. The van der Waals surface area contributed by atoms with Gasteiger partial charge in [-0.1, -0.05) is 18.2 Å². The molecule has 0 radical (unpaired) electrons. The van der Waals surface area contributed by atoms with Crippen LogP contribution in [-0.2, 0) is 15.9 Å². The van der Waals surface area contributed by atoms with E-state index >= 15 is 0 Å². The molecule has 0 atom stereocenters. The van der Waals surface area contributed by atoms with Gasteiger partial charge in [0.25, 0.3) is 0 Å². The van der Waals surface area contributed by atoms with Crippen LogP contribution in [0.25, 0.3) is 0 Å². The fourth-order valence-electron chi connectivity index (χ4n) is 2.86. The summed E-state index contributed by atoms with van der Waals surface area (Å²) in [5.74, 6) is 1.21. The summed E-state index contributed by atoms with van der Waals surface area (Å²) >= 11 is 0. The molecule has 1 aliphatic rings. The Morgan fingerprint density at radius 2 is 1.55 bits per heavy atom. The minimum atomic E-state index is -2.84. The zero-order chi connectivity index (χ0) is 21.2. The molecule has 0 aliphatic carbocycles. The van der Waals surface area contributed by atoms with Gasteiger partial charge >= 0.3 is 13.7 Å². The van der Waals surface area contributed by atoms with Crippen molar-refractivity contribution in [3.63, 3.8) is 0 Å². The lowest BCUT2D eigenvalue weighted by atomic mass is 9.79. The highest BCUT2D eigenvalue weighted by molar-refractivity contribution is 6.62. The smallest absolute Gasteiger partial charge is 0.493 e. The molecule has 8 heteroatoms. The summed E-state index contributed by atoms with van der Waals surface area (Å²) in [5.41, 5.74) is 0.783. The minimum absolute atomic E-state index is 0.105. The molecule has 2 aromatic carbocycles. The van der Waals surface area contributed by atoms with Gasteiger partial charge in [0, 0.05) is 0 Å². The lowest BCUT2D eigenvalue weighted by Gasteiger charge is -2.32. The van der Waals surface area contributed by atoms with Crippen LogP contribution in [0.5, 0.6) is 17.2 Å². The summed E-state index contributed by atoms with van der Waals surface area (Å²) in [6.45, 7) is 5.40. The summed E-state index contributed by atoms with van der Waals surface area (Å²) in [6.07, 6.45) is 0. The van der Waals surface area contributed by atoms with Crippen molar-refractivity contribution < 1.29 is 32.3 Å². The van der Waals surface area contributed by atoms with Gasteiger partial charge in [-0.3, -0.25) is 0 Å². The number of hydrogen-bond acceptors (Lipinski definition) is 5. The third kappa shape index (κ3) is 4.82. The van der Waals surface area contributed by atoms with E-state index in [0.717, 1.165) is 11.0 Å². The fraction of sp³-hybridized carbons (Fsp3) is 0.429. The molecule has 0 bridgehead atoms. The highest BCUT2D eigenvalue weighted by Gasteiger charge is 2.51. The second-order valence-electron chi connectivity index (χ2n) is 7.81. The maximum absolute atomic E-state index is 12.2. The average molecular weight is 406 g/mol. The third-order valence-electron chi connectivity index (χ3n) is 5.26. The molecule has 1 heterocycles. The van der Waals surface area contributed by atoms with Gasteiger partial charge in [-0.05, 0) is 63.0 Å². The summed E-state index contributed by atoms with van der Waals surface area (Å²) in [4.78, 5) is 0. The first kappa shape index (κ1) is 21.4. The highest BCUT2D eigenvalue weighted by Crippen LogP contribution is 2.37. The van der Waals surface area contributed by atoms with E-state index in [1.54, 1.807) is 25.3 Å². The van der Waals surface area contributed by atoms with Crippen molar-refractivity contribution in [2.24, 2.45) is 0 Å². The van der Waals surface area contributed by atoms with E-state index in [9.17, 15) is 8.78 Å². The lowest BCUT2D eigenvalue weighted by molar-refractivity contribution is -0.0498. The second-order valence-corrected chi connectivity index (χ2v) is 7.81. The number of alkyl halides is 2. The molecule has 0 N–H and O–H groups in total. The van der Waals surface area contributed by atoms with E-state index in [1.807, 2.05) is 39.8 Å². The second kappa shape index (κ2) is 8.20. The van der Waals surface area contributed by atoms with Gasteiger partial charge in [0.15, 0.2) is 11.5 Å². The van der Waals surface area contributed by atoms with Gasteiger partial charge in [0.1, 0.15) is 12.4 Å². The van der Waals surface area contributed by atoms with Crippen molar-refractivity contribution in [2.75, 3.05) is 7.11 Å². The van der Waals surface area contributed by atoms with Crippen LogP contribution in [0.3, 0.4) is 0 Å². The largest absolute Gasteiger partial charge is 0.494 e. The molecule has 0 saturated carbocycles. The van der Waals surface area contributed by atoms with Crippen LogP contribution in [0, 0.1) is 0 Å². The van der Waals surface area contributed by atoms with Gasteiger partial charge in [0.2, 0.25) is 0 Å². The number of rotatable bonds is 7. The van der Waals surface area contributed by atoms with Crippen LogP contribution < -0.4 is 19.7 Å². The van der Waals surface area contributed by atoms with Gasteiger partial charge in [-0.25, -0.2) is 0 Å². The Morgan fingerprint density at radius 3 is 2.10 bits per heavy atom. The zero-order valence-electron chi connectivity index (χ0n) is 17.2. The molecule has 1 fully saturated rings. The molecule has 3 rings (SSSR count). The first-order chi connectivity index (χ1) is 13.6. The lowest BCUT2D eigenvalue weighted by Crippen LogP contribution is -2.41. The van der Waals surface area contributed by atoms with E-state index in [4.69, 9.17) is 18.8 Å². The van der Waals surface area contributed by atoms with Crippen molar-refractivity contribution in [2.45, 2.75) is 52.1 Å². The Kier molecular flexibility index (Phi) is 6.05. The van der Waals surface area contributed by atoms with Crippen molar-refractivity contribution in [1.29, 1.82) is 0 Å². The van der Waals surface area contributed by atoms with E-state index in [1.165, 1.54) is 12.1 Å². The number of hydrogen-bond donors (Lipinski definition) is 0. The van der Waals surface area contributed by atoms with Crippen molar-refractivity contribution >= 4 is 12.6 Å². The fourth-order valence-corrected chi connectivity index (χ4v) is 2.86. The maximum atomic E-state index is 12.2. The molecule has 2 aromatic rings. The van der Waals surface area contributed by atoms with Crippen molar-refractivity contribution in [3.05, 3.63) is 48.0 Å². The number of benzene rings is 2. The molecule has 29 heavy (non-hydrogen) atoms. The Labute approximate surface area is 170 Å². The van der Waals surface area contributed by atoms with E-state index < -0.39 is 24.9 Å². The zero-order valence-corrected chi connectivity index (χ0v) is 17.2. The van der Waals surface area contributed by atoms with Gasteiger partial charge < -0.3 is 23.5 Å². The maximum Gasteiger partial charge on any atom is 0.494 e. The van der Waals surface area contributed by atoms with Crippen LogP contribution in [0.15, 0.2) is 42.5 Å². The molecule has 0 amide bonds. The van der Waals surface area contributed by atoms with Crippen LogP contribution in [-0.4, -0.2) is 32.0 Å². The SMILES string of the molecule is COc1cc(B2OC(C)(C)C(C)(C)O2)ccc1OCc1ccc(OC(F)F)cc1. The van der Waals surface area contributed by atoms with Crippen LogP contribution in [0.2, 0.25) is 0 Å². The van der Waals surface area contributed by atoms with E-state index in [0.29, 0.717) is 11.5 Å². The summed E-state index contributed by atoms with van der Waals surface area (Å²) < 4.78 is 52.2. The van der Waals surface area contributed by atoms with Crippen molar-refractivity contribution in [3.8, 4) is 17.2 Å². The Bertz CT molecular complexity index is 823. The highest BCUT2D eigenvalue weighted by atomic mass is 19.3. The average Bonchev–Trinajstić information content (AvgIpc) is 2.88. The van der Waals surface area contributed by atoms with E-state index in [2.05, 4.69) is 4.74 Å². The molecular weight excluding hydrogens is 381 g/mol. The van der Waals surface area contributed by atoms with E-state index in [-0.39, 0.29) is 12.4 Å². The first-order valence-electron chi connectivity index (χ1n) is 9.31. The van der Waals surface area contributed by atoms with Gasteiger partial charge in [0.05, 0.1) is 18.3 Å². The summed E-state index contributed by atoms with van der Waals surface area (Å²) in [7, 11) is 1.07. The van der Waals surface area contributed by atoms with Crippen LogP contribution in [0.4, 0.5) is 8.78 Å². The molecule has 0 spiro atoms. The summed E-state index contributed by atoms with van der Waals surface area (Å²) in [6, 6.07) is 11.8. The Hall–Kier alpha value is -2.32. The molecule has 5 nitrogen and oxygen atoms in total. The molecule has 0 unspecified atom stereocenters. The van der Waals surface area contributed by atoms with Crippen molar-refractivity contribution in [1.82, 2.24) is 0 Å².